The zero-order valence-corrected chi connectivity index (χ0v) is 17.5. The number of nitrogens with one attached hydrogen (secondary N) is 1. The molecule has 0 atom stereocenters. The fourth-order valence-electron chi connectivity index (χ4n) is 3.48. The van der Waals surface area contributed by atoms with Gasteiger partial charge >= 0.3 is 0 Å². The molecular weight excluding hydrogens is 400 g/mol. The second-order valence-corrected chi connectivity index (χ2v) is 7.84. The average Bonchev–Trinajstić information content (AvgIpc) is 2.96. The number of anilines is 2. The van der Waals surface area contributed by atoms with E-state index in [9.17, 15) is 14.4 Å². The van der Waals surface area contributed by atoms with Gasteiger partial charge in [0, 0.05) is 5.56 Å². The summed E-state index contributed by atoms with van der Waals surface area (Å²) < 4.78 is 0. The molecule has 0 fully saturated rings. The lowest BCUT2D eigenvalue weighted by Crippen LogP contribution is -2.30. The molecule has 30 heavy (non-hydrogen) atoms. The first-order valence-corrected chi connectivity index (χ1v) is 9.81. The fraction of sp³-hybridized carbons (Fsp3) is 0.125. The van der Waals surface area contributed by atoms with E-state index < -0.39 is 17.7 Å². The maximum atomic E-state index is 13.0. The lowest BCUT2D eigenvalue weighted by molar-refractivity contribution is 0.0925. The van der Waals surface area contributed by atoms with Crippen LogP contribution in [0.3, 0.4) is 0 Å². The number of halogens is 1. The summed E-state index contributed by atoms with van der Waals surface area (Å²) in [5.74, 6) is -1.24. The minimum atomic E-state index is -0.438. The Bertz CT molecular complexity index is 1230. The van der Waals surface area contributed by atoms with Gasteiger partial charge in [-0.15, -0.1) is 0 Å². The summed E-state index contributed by atoms with van der Waals surface area (Å²) in [5, 5.41) is 3.18. The van der Waals surface area contributed by atoms with Crippen molar-refractivity contribution in [3.05, 3.63) is 93.0 Å². The topological polar surface area (TPSA) is 66.5 Å². The predicted molar refractivity (Wildman–Crippen MR) is 118 cm³/mol. The van der Waals surface area contributed by atoms with Crippen LogP contribution in [0.15, 0.2) is 54.6 Å². The number of aryl methyl sites for hydroxylation is 3. The molecule has 0 saturated carbocycles. The highest BCUT2D eigenvalue weighted by molar-refractivity contribution is 6.35. The van der Waals surface area contributed by atoms with Crippen molar-refractivity contribution in [2.24, 2.45) is 0 Å². The number of hydrogen-bond donors (Lipinski definition) is 1. The molecule has 0 spiro atoms. The number of amides is 3. The molecule has 1 N–H and O–H groups in total. The van der Waals surface area contributed by atoms with E-state index in [1.165, 1.54) is 23.1 Å². The monoisotopic (exact) mass is 418 g/mol. The number of benzene rings is 3. The van der Waals surface area contributed by atoms with Gasteiger partial charge in [0.15, 0.2) is 0 Å². The van der Waals surface area contributed by atoms with Crippen molar-refractivity contribution in [2.75, 3.05) is 10.2 Å². The standard InChI is InChI=1S/C24H19ClN2O3/c1-13-5-9-20(19(25)10-13)26-22(28)16-7-8-17-18(12-16)24(30)27(23(17)29)21-11-14(2)4-6-15(21)3/h4-12H,1-3H3,(H,26,28). The fourth-order valence-corrected chi connectivity index (χ4v) is 3.76. The van der Waals surface area contributed by atoms with Crippen LogP contribution < -0.4 is 10.2 Å². The minimum Gasteiger partial charge on any atom is -0.321 e. The number of nitrogens with zero attached hydrogens (tertiary/aromatic N) is 1. The Morgan fingerprint density at radius 3 is 2.23 bits per heavy atom. The summed E-state index contributed by atoms with van der Waals surface area (Å²) in [6.07, 6.45) is 0. The van der Waals surface area contributed by atoms with Gasteiger partial charge in [-0.25, -0.2) is 4.90 Å². The predicted octanol–water partition coefficient (Wildman–Crippen LogP) is 5.32. The van der Waals surface area contributed by atoms with Crippen LogP contribution in [0.4, 0.5) is 11.4 Å². The molecule has 0 saturated heterocycles. The minimum absolute atomic E-state index is 0.212. The van der Waals surface area contributed by atoms with Crippen LogP contribution in [0, 0.1) is 20.8 Å². The first-order valence-electron chi connectivity index (χ1n) is 9.44. The molecule has 3 aromatic rings. The Hall–Kier alpha value is -3.44. The van der Waals surface area contributed by atoms with Gasteiger partial charge in [-0.1, -0.05) is 29.8 Å². The van der Waals surface area contributed by atoms with Crippen molar-refractivity contribution >= 4 is 40.7 Å². The second-order valence-electron chi connectivity index (χ2n) is 7.43. The molecule has 150 valence electrons. The van der Waals surface area contributed by atoms with E-state index >= 15 is 0 Å². The first kappa shape index (κ1) is 19.9. The zero-order chi connectivity index (χ0) is 21.6. The molecular formula is C24H19ClN2O3. The molecule has 6 heteroatoms. The van der Waals surface area contributed by atoms with Crippen molar-refractivity contribution in [1.82, 2.24) is 0 Å². The van der Waals surface area contributed by atoms with E-state index in [4.69, 9.17) is 11.6 Å². The van der Waals surface area contributed by atoms with Gasteiger partial charge in [0.25, 0.3) is 17.7 Å². The number of rotatable bonds is 3. The Balaban J connectivity index is 1.66. The highest BCUT2D eigenvalue weighted by atomic mass is 35.5. The van der Waals surface area contributed by atoms with Gasteiger partial charge in [0.1, 0.15) is 0 Å². The Kier molecular flexibility index (Phi) is 4.92. The molecule has 0 aromatic heterocycles. The van der Waals surface area contributed by atoms with E-state index in [1.54, 1.807) is 12.1 Å². The van der Waals surface area contributed by atoms with Gasteiger partial charge in [0.05, 0.1) is 27.5 Å². The van der Waals surface area contributed by atoms with Crippen molar-refractivity contribution in [1.29, 1.82) is 0 Å². The third-order valence-corrected chi connectivity index (χ3v) is 5.44. The molecule has 1 heterocycles. The van der Waals surface area contributed by atoms with Gasteiger partial charge in [-0.3, -0.25) is 14.4 Å². The van der Waals surface area contributed by atoms with Crippen molar-refractivity contribution in [2.45, 2.75) is 20.8 Å². The average molecular weight is 419 g/mol. The maximum Gasteiger partial charge on any atom is 0.266 e. The molecule has 5 nitrogen and oxygen atoms in total. The van der Waals surface area contributed by atoms with Crippen LogP contribution in [0.25, 0.3) is 0 Å². The molecule has 0 aliphatic carbocycles. The van der Waals surface area contributed by atoms with Crippen LogP contribution in [0.2, 0.25) is 5.02 Å². The lowest BCUT2D eigenvalue weighted by atomic mass is 10.1. The van der Waals surface area contributed by atoms with E-state index in [2.05, 4.69) is 5.32 Å². The number of fused-ring (bicyclic) bond motifs is 1. The highest BCUT2D eigenvalue weighted by Gasteiger charge is 2.37. The van der Waals surface area contributed by atoms with E-state index in [0.29, 0.717) is 16.4 Å². The molecule has 0 unspecified atom stereocenters. The number of hydrogen-bond acceptors (Lipinski definition) is 3. The molecule has 1 aliphatic rings. The number of carbonyl (C=O) groups excluding carboxylic acids is 3. The van der Waals surface area contributed by atoms with Crippen molar-refractivity contribution < 1.29 is 14.4 Å². The van der Waals surface area contributed by atoms with Crippen LogP contribution in [-0.2, 0) is 0 Å². The zero-order valence-electron chi connectivity index (χ0n) is 16.7. The van der Waals surface area contributed by atoms with Gasteiger partial charge in [-0.05, 0) is 73.9 Å². The normalized spacial score (nSPS) is 12.9. The summed E-state index contributed by atoms with van der Waals surface area (Å²) in [4.78, 5) is 39.8. The lowest BCUT2D eigenvalue weighted by Gasteiger charge is -2.17. The summed E-state index contributed by atoms with van der Waals surface area (Å²) in [6.45, 7) is 5.66. The summed E-state index contributed by atoms with van der Waals surface area (Å²) in [5.41, 5.74) is 4.55. The largest absolute Gasteiger partial charge is 0.321 e. The smallest absolute Gasteiger partial charge is 0.266 e. The quantitative estimate of drug-likeness (QED) is 0.585. The van der Waals surface area contributed by atoms with Crippen LogP contribution in [0.1, 0.15) is 47.8 Å². The highest BCUT2D eigenvalue weighted by Crippen LogP contribution is 2.32. The van der Waals surface area contributed by atoms with E-state index in [-0.39, 0.29) is 16.7 Å². The van der Waals surface area contributed by atoms with Gasteiger partial charge < -0.3 is 5.32 Å². The van der Waals surface area contributed by atoms with Crippen LogP contribution in [-0.4, -0.2) is 17.7 Å². The number of carbonyl (C=O) groups is 3. The number of imide groups is 1. The summed E-state index contributed by atoms with van der Waals surface area (Å²) in [6, 6.07) is 15.4. The Labute approximate surface area is 179 Å². The van der Waals surface area contributed by atoms with Crippen LogP contribution >= 0.6 is 11.6 Å². The molecule has 0 radical (unpaired) electrons. The molecule has 4 rings (SSSR count). The third-order valence-electron chi connectivity index (χ3n) is 5.13. The molecule has 1 aliphatic heterocycles. The van der Waals surface area contributed by atoms with E-state index in [1.807, 2.05) is 45.0 Å². The SMILES string of the molecule is Cc1ccc(NC(=O)c2ccc3c(c2)C(=O)N(c2cc(C)ccc2C)C3=O)c(Cl)c1. The molecule has 3 amide bonds. The Morgan fingerprint density at radius 1 is 0.833 bits per heavy atom. The Morgan fingerprint density at radius 2 is 1.50 bits per heavy atom. The summed E-state index contributed by atoms with van der Waals surface area (Å²) in [7, 11) is 0. The molecule has 3 aromatic carbocycles. The van der Waals surface area contributed by atoms with Gasteiger partial charge in [-0.2, -0.15) is 0 Å². The maximum absolute atomic E-state index is 13.0. The van der Waals surface area contributed by atoms with Gasteiger partial charge in [0.2, 0.25) is 0 Å². The van der Waals surface area contributed by atoms with Crippen molar-refractivity contribution in [3.8, 4) is 0 Å². The molecule has 0 bridgehead atoms. The third kappa shape index (κ3) is 3.37. The van der Waals surface area contributed by atoms with Crippen molar-refractivity contribution in [3.63, 3.8) is 0 Å². The van der Waals surface area contributed by atoms with E-state index in [0.717, 1.165) is 16.7 Å². The second kappa shape index (κ2) is 7.43. The summed E-state index contributed by atoms with van der Waals surface area (Å²) >= 11 is 6.19. The first-order chi connectivity index (χ1) is 14.3. The van der Waals surface area contributed by atoms with Crippen LogP contribution in [0.5, 0.6) is 0 Å².